The summed E-state index contributed by atoms with van der Waals surface area (Å²) in [6, 6.07) is 16.9. The van der Waals surface area contributed by atoms with Crippen molar-refractivity contribution in [2.75, 3.05) is 38.5 Å². The van der Waals surface area contributed by atoms with Crippen LogP contribution in [0, 0.1) is 6.92 Å². The van der Waals surface area contributed by atoms with E-state index in [1.807, 2.05) is 24.3 Å². The minimum atomic E-state index is -0.208. The highest BCUT2D eigenvalue weighted by Crippen LogP contribution is 2.37. The van der Waals surface area contributed by atoms with Crippen molar-refractivity contribution in [3.05, 3.63) is 89.4 Å². The second-order valence-electron chi connectivity index (χ2n) is 10.2. The van der Waals surface area contributed by atoms with Crippen LogP contribution in [-0.2, 0) is 13.0 Å². The number of nitrogens with zero attached hydrogens (tertiary/aromatic N) is 6. The van der Waals surface area contributed by atoms with E-state index in [1.165, 1.54) is 5.56 Å². The molecular formula is C31H31N7O2. The van der Waals surface area contributed by atoms with E-state index in [4.69, 9.17) is 4.74 Å². The first-order chi connectivity index (χ1) is 19.5. The van der Waals surface area contributed by atoms with E-state index in [2.05, 4.69) is 55.1 Å². The Balaban J connectivity index is 1.16. The number of carbonyl (C=O) groups excluding carboxylic acids is 1. The van der Waals surface area contributed by atoms with Gasteiger partial charge in [0.25, 0.3) is 5.91 Å². The monoisotopic (exact) mass is 533 g/mol. The first-order valence-electron chi connectivity index (χ1n) is 13.5. The van der Waals surface area contributed by atoms with E-state index in [0.29, 0.717) is 35.1 Å². The molecule has 0 aliphatic carbocycles. The Morgan fingerprint density at radius 2 is 1.82 bits per heavy atom. The molecule has 0 bridgehead atoms. The summed E-state index contributed by atoms with van der Waals surface area (Å²) in [4.78, 5) is 35.8. The first-order valence-corrected chi connectivity index (χ1v) is 13.5. The van der Waals surface area contributed by atoms with Gasteiger partial charge < -0.3 is 15.0 Å². The van der Waals surface area contributed by atoms with E-state index in [0.717, 1.165) is 55.2 Å². The Morgan fingerprint density at radius 1 is 1.00 bits per heavy atom. The average Bonchev–Trinajstić information content (AvgIpc) is 3.46. The quantitative estimate of drug-likeness (QED) is 0.361. The minimum Gasteiger partial charge on any atom is -0.437 e. The topological polar surface area (TPSA) is 95.8 Å². The van der Waals surface area contributed by atoms with E-state index >= 15 is 0 Å². The van der Waals surface area contributed by atoms with Crippen LogP contribution in [0.3, 0.4) is 0 Å². The molecule has 1 saturated heterocycles. The van der Waals surface area contributed by atoms with E-state index in [1.54, 1.807) is 42.9 Å². The molecule has 9 nitrogen and oxygen atoms in total. The van der Waals surface area contributed by atoms with Crippen LogP contribution in [0.15, 0.2) is 72.0 Å². The second kappa shape index (κ2) is 11.3. The molecule has 0 atom stereocenters. The van der Waals surface area contributed by atoms with Crippen LogP contribution < -0.4 is 10.1 Å². The molecule has 202 valence electrons. The maximum atomic E-state index is 13.2. The van der Waals surface area contributed by atoms with Gasteiger partial charge in [-0.15, -0.1) is 0 Å². The van der Waals surface area contributed by atoms with E-state index in [9.17, 15) is 4.79 Å². The molecular weight excluding hydrogens is 502 g/mol. The molecule has 6 rings (SSSR count). The lowest BCUT2D eigenvalue weighted by atomic mass is 10.1. The molecule has 2 aromatic heterocycles. The van der Waals surface area contributed by atoms with Gasteiger partial charge in [-0.1, -0.05) is 12.1 Å². The third-order valence-electron chi connectivity index (χ3n) is 7.27. The van der Waals surface area contributed by atoms with Crippen LogP contribution >= 0.6 is 0 Å². The molecule has 0 spiro atoms. The maximum absolute atomic E-state index is 13.2. The Bertz CT molecular complexity index is 1560. The number of amides is 1. The van der Waals surface area contributed by atoms with Crippen LogP contribution in [-0.4, -0.2) is 70.1 Å². The highest BCUT2D eigenvalue weighted by molar-refractivity contribution is 6.04. The summed E-state index contributed by atoms with van der Waals surface area (Å²) in [6.07, 6.45) is 5.81. The van der Waals surface area contributed by atoms with Gasteiger partial charge in [0.2, 0.25) is 5.88 Å². The van der Waals surface area contributed by atoms with Crippen molar-refractivity contribution in [2.45, 2.75) is 19.9 Å². The fourth-order valence-corrected chi connectivity index (χ4v) is 4.89. The van der Waals surface area contributed by atoms with Gasteiger partial charge in [-0.25, -0.2) is 4.98 Å². The number of fused-ring (bicyclic) bond motifs is 1. The van der Waals surface area contributed by atoms with E-state index in [-0.39, 0.29) is 5.91 Å². The van der Waals surface area contributed by atoms with Crippen LogP contribution in [0.25, 0.3) is 11.4 Å². The zero-order chi connectivity index (χ0) is 27.5. The van der Waals surface area contributed by atoms with Gasteiger partial charge in [-0.3, -0.25) is 19.7 Å². The van der Waals surface area contributed by atoms with Gasteiger partial charge >= 0.3 is 0 Å². The largest absolute Gasteiger partial charge is 0.437 e. The first kappa shape index (κ1) is 25.8. The number of rotatable bonds is 7. The van der Waals surface area contributed by atoms with Crippen molar-refractivity contribution in [2.24, 2.45) is 4.99 Å². The van der Waals surface area contributed by atoms with Gasteiger partial charge in [-0.2, -0.15) is 4.98 Å². The molecule has 40 heavy (non-hydrogen) atoms. The summed E-state index contributed by atoms with van der Waals surface area (Å²) in [5.41, 5.74) is 5.95. The van der Waals surface area contributed by atoms with Crippen molar-refractivity contribution in [1.82, 2.24) is 24.8 Å². The summed E-state index contributed by atoms with van der Waals surface area (Å²) in [5, 5.41) is 3.03. The van der Waals surface area contributed by atoms with E-state index < -0.39 is 0 Å². The number of hydrogen-bond donors (Lipinski definition) is 1. The lowest BCUT2D eigenvalue weighted by Gasteiger charge is -2.32. The molecule has 2 aliphatic rings. The molecule has 1 amide bonds. The average molecular weight is 534 g/mol. The summed E-state index contributed by atoms with van der Waals surface area (Å²) in [5.74, 6) is 1.19. The highest BCUT2D eigenvalue weighted by Gasteiger charge is 2.20. The molecule has 2 aromatic carbocycles. The predicted molar refractivity (Wildman–Crippen MR) is 156 cm³/mol. The highest BCUT2D eigenvalue weighted by atomic mass is 16.5. The SMILES string of the molecule is Cc1cc(NC(=O)c2cccc(Oc3nc(-c4ccncc4)nc4c3N=CC4)c2)ccc1CN1CCN(C)CC1. The number of piperazine rings is 1. The zero-order valence-electron chi connectivity index (χ0n) is 22.7. The summed E-state index contributed by atoms with van der Waals surface area (Å²) >= 11 is 0. The standard InChI is InChI=1S/C31H31N7O2/c1-21-18-25(7-6-24(21)20-38-16-14-37(2)15-17-38)34-30(39)23-4-3-5-26(19-23)40-31-28-27(10-13-33-28)35-29(36-31)22-8-11-32-12-9-22/h3-9,11-13,18-19H,10,14-17,20H2,1-2H3,(H,34,39). The number of aromatic nitrogens is 3. The Labute approximate surface area is 233 Å². The fraction of sp³-hybridized carbons (Fsp3) is 0.258. The van der Waals surface area contributed by atoms with Crippen LogP contribution in [0.2, 0.25) is 0 Å². The number of ether oxygens (including phenoxy) is 1. The van der Waals surface area contributed by atoms with Crippen molar-refractivity contribution < 1.29 is 9.53 Å². The third-order valence-corrected chi connectivity index (χ3v) is 7.27. The van der Waals surface area contributed by atoms with Crippen molar-refractivity contribution in [3.8, 4) is 23.0 Å². The molecule has 0 radical (unpaired) electrons. The van der Waals surface area contributed by atoms with Crippen molar-refractivity contribution >= 4 is 23.5 Å². The maximum Gasteiger partial charge on any atom is 0.255 e. The zero-order valence-corrected chi connectivity index (χ0v) is 22.7. The molecule has 4 heterocycles. The minimum absolute atomic E-state index is 0.208. The number of benzene rings is 2. The molecule has 2 aliphatic heterocycles. The Morgan fingerprint density at radius 3 is 2.62 bits per heavy atom. The third kappa shape index (κ3) is 5.75. The summed E-state index contributed by atoms with van der Waals surface area (Å²) in [6.45, 7) is 7.35. The Hall–Kier alpha value is -4.47. The normalized spacial score (nSPS) is 15.2. The fourth-order valence-electron chi connectivity index (χ4n) is 4.89. The number of aliphatic imine (C=N–C) groups is 1. The molecule has 0 saturated carbocycles. The number of hydrogen-bond acceptors (Lipinski definition) is 8. The van der Waals surface area contributed by atoms with Gasteiger partial charge in [0, 0.05) is 74.6 Å². The molecule has 1 fully saturated rings. The summed E-state index contributed by atoms with van der Waals surface area (Å²) < 4.78 is 6.17. The van der Waals surface area contributed by atoms with Gasteiger partial charge in [0.1, 0.15) is 11.4 Å². The van der Waals surface area contributed by atoms with Gasteiger partial charge in [-0.05, 0) is 67.6 Å². The summed E-state index contributed by atoms with van der Waals surface area (Å²) in [7, 11) is 2.16. The van der Waals surface area contributed by atoms with Crippen LogP contribution in [0.1, 0.15) is 27.2 Å². The molecule has 4 aromatic rings. The number of anilines is 1. The number of pyridine rings is 1. The van der Waals surface area contributed by atoms with Gasteiger partial charge in [0.05, 0.1) is 5.69 Å². The van der Waals surface area contributed by atoms with Crippen molar-refractivity contribution in [1.29, 1.82) is 0 Å². The van der Waals surface area contributed by atoms with Crippen LogP contribution in [0.5, 0.6) is 11.6 Å². The number of likely N-dealkylation sites (N-methyl/N-ethyl adjacent to an activating group) is 1. The lowest BCUT2D eigenvalue weighted by Crippen LogP contribution is -2.43. The van der Waals surface area contributed by atoms with Crippen molar-refractivity contribution in [3.63, 3.8) is 0 Å². The molecule has 1 N–H and O–H groups in total. The molecule has 9 heteroatoms. The Kier molecular flexibility index (Phi) is 7.31. The number of aryl methyl sites for hydroxylation is 1. The smallest absolute Gasteiger partial charge is 0.255 e. The molecule has 0 unspecified atom stereocenters. The second-order valence-corrected chi connectivity index (χ2v) is 10.2. The predicted octanol–water partition coefficient (Wildman–Crippen LogP) is 4.90. The number of carbonyl (C=O) groups is 1. The number of nitrogens with one attached hydrogen (secondary N) is 1. The lowest BCUT2D eigenvalue weighted by molar-refractivity contribution is 0.102. The van der Waals surface area contributed by atoms with Gasteiger partial charge in [0.15, 0.2) is 5.82 Å². The van der Waals surface area contributed by atoms with Crippen LogP contribution in [0.4, 0.5) is 11.4 Å².